The number of nitrogens with one attached hydrogen (secondary N) is 1. The maximum Gasteiger partial charge on any atom is 0.291 e. The highest BCUT2D eigenvalue weighted by atomic mass is 35.5. The van der Waals surface area contributed by atoms with E-state index in [-0.39, 0.29) is 11.7 Å². The van der Waals surface area contributed by atoms with Crippen molar-refractivity contribution in [2.45, 2.75) is 6.92 Å². The van der Waals surface area contributed by atoms with Gasteiger partial charge >= 0.3 is 0 Å². The van der Waals surface area contributed by atoms with Gasteiger partial charge in [-0.1, -0.05) is 53.0 Å². The molecule has 1 N–H and O–H groups in total. The van der Waals surface area contributed by atoms with Crippen molar-refractivity contribution in [2.24, 2.45) is 0 Å². The third-order valence-corrected chi connectivity index (χ3v) is 7.56. The summed E-state index contributed by atoms with van der Waals surface area (Å²) >= 11 is 18.7. The fraction of sp³-hybridized carbons (Fsp3) is 0.172. The first-order valence-electron chi connectivity index (χ1n) is 12.1. The number of hydrogen-bond donors (Lipinski definition) is 1. The summed E-state index contributed by atoms with van der Waals surface area (Å²) in [5.41, 5.74) is 3.82. The van der Waals surface area contributed by atoms with E-state index in [1.54, 1.807) is 42.5 Å². The number of halogens is 3. The lowest BCUT2D eigenvalue weighted by molar-refractivity contribution is 0.0746. The minimum Gasteiger partial charge on any atom is -0.451 e. The molecular weight excluding hydrogens is 545 g/mol. The molecular formula is C29H24Cl3N3O3. The minimum absolute atomic E-state index is 0.0483. The van der Waals surface area contributed by atoms with Gasteiger partial charge in [0, 0.05) is 43.0 Å². The summed E-state index contributed by atoms with van der Waals surface area (Å²) in [6.07, 6.45) is 0. The number of nitrogens with zero attached hydrogens (tertiary/aromatic N) is 2. The maximum atomic E-state index is 12.9. The van der Waals surface area contributed by atoms with Gasteiger partial charge in [-0.2, -0.15) is 0 Å². The third-order valence-electron chi connectivity index (χ3n) is 6.52. The monoisotopic (exact) mass is 567 g/mol. The van der Waals surface area contributed by atoms with Crippen LogP contribution in [0.4, 0.5) is 11.4 Å². The van der Waals surface area contributed by atoms with Gasteiger partial charge in [0.25, 0.3) is 11.8 Å². The molecule has 5 rings (SSSR count). The molecule has 1 aliphatic rings. The zero-order chi connectivity index (χ0) is 26.8. The molecule has 38 heavy (non-hydrogen) atoms. The number of rotatable bonds is 5. The van der Waals surface area contributed by atoms with Gasteiger partial charge in [0.15, 0.2) is 5.76 Å². The van der Waals surface area contributed by atoms with Crippen LogP contribution in [0, 0.1) is 6.92 Å². The average Bonchev–Trinajstić information content (AvgIpc) is 3.41. The summed E-state index contributed by atoms with van der Waals surface area (Å²) in [5, 5.41) is 4.18. The Balaban J connectivity index is 1.21. The molecule has 0 bridgehead atoms. The van der Waals surface area contributed by atoms with Crippen molar-refractivity contribution in [1.82, 2.24) is 4.90 Å². The Morgan fingerprint density at radius 3 is 2.29 bits per heavy atom. The number of benzene rings is 3. The van der Waals surface area contributed by atoms with E-state index in [0.717, 1.165) is 16.8 Å². The smallest absolute Gasteiger partial charge is 0.291 e. The van der Waals surface area contributed by atoms with Crippen molar-refractivity contribution in [3.05, 3.63) is 105 Å². The lowest BCUT2D eigenvalue weighted by Crippen LogP contribution is -2.49. The highest BCUT2D eigenvalue weighted by Gasteiger charge is 2.24. The topological polar surface area (TPSA) is 65.8 Å². The summed E-state index contributed by atoms with van der Waals surface area (Å²) in [7, 11) is 0. The number of anilines is 2. The largest absolute Gasteiger partial charge is 0.451 e. The van der Waals surface area contributed by atoms with Crippen LogP contribution in [-0.2, 0) is 0 Å². The molecule has 1 saturated heterocycles. The van der Waals surface area contributed by atoms with Gasteiger partial charge < -0.3 is 19.5 Å². The summed E-state index contributed by atoms with van der Waals surface area (Å²) < 4.78 is 5.73. The molecule has 4 aromatic rings. The molecule has 0 atom stereocenters. The lowest BCUT2D eigenvalue weighted by Gasteiger charge is -2.36. The predicted octanol–water partition coefficient (Wildman–Crippen LogP) is 7.43. The Hall–Kier alpha value is -3.45. The fourth-order valence-electron chi connectivity index (χ4n) is 4.43. The Bertz CT molecular complexity index is 1510. The van der Waals surface area contributed by atoms with Crippen LogP contribution in [0.15, 0.2) is 77.2 Å². The van der Waals surface area contributed by atoms with Crippen molar-refractivity contribution in [3.8, 4) is 11.3 Å². The zero-order valence-corrected chi connectivity index (χ0v) is 22.8. The normalized spacial score (nSPS) is 13.5. The Kier molecular flexibility index (Phi) is 7.65. The van der Waals surface area contributed by atoms with Crippen LogP contribution in [0.5, 0.6) is 0 Å². The molecule has 0 radical (unpaired) electrons. The Morgan fingerprint density at radius 1 is 0.816 bits per heavy atom. The summed E-state index contributed by atoms with van der Waals surface area (Å²) in [4.78, 5) is 29.7. The van der Waals surface area contributed by atoms with Gasteiger partial charge in [0.1, 0.15) is 5.76 Å². The minimum atomic E-state index is -0.400. The molecule has 3 aromatic carbocycles. The second kappa shape index (κ2) is 11.1. The van der Waals surface area contributed by atoms with Crippen LogP contribution in [-0.4, -0.2) is 42.9 Å². The maximum absolute atomic E-state index is 12.9. The average molecular weight is 569 g/mol. The molecule has 1 fully saturated rings. The van der Waals surface area contributed by atoms with Crippen molar-refractivity contribution in [3.63, 3.8) is 0 Å². The predicted molar refractivity (Wildman–Crippen MR) is 153 cm³/mol. The van der Waals surface area contributed by atoms with Crippen LogP contribution in [0.25, 0.3) is 11.3 Å². The molecule has 1 aromatic heterocycles. The Morgan fingerprint density at radius 2 is 1.58 bits per heavy atom. The van der Waals surface area contributed by atoms with Crippen molar-refractivity contribution in [1.29, 1.82) is 0 Å². The molecule has 0 spiro atoms. The van der Waals surface area contributed by atoms with Crippen LogP contribution >= 0.6 is 34.8 Å². The van der Waals surface area contributed by atoms with E-state index >= 15 is 0 Å². The summed E-state index contributed by atoms with van der Waals surface area (Å²) in [6.45, 7) is 4.47. The molecule has 0 aliphatic carbocycles. The van der Waals surface area contributed by atoms with Crippen LogP contribution in [0.3, 0.4) is 0 Å². The number of aryl methyl sites for hydroxylation is 1. The quantitative estimate of drug-likeness (QED) is 0.272. The van der Waals surface area contributed by atoms with E-state index in [2.05, 4.69) is 10.2 Å². The number of hydrogen-bond acceptors (Lipinski definition) is 4. The molecule has 0 unspecified atom stereocenters. The van der Waals surface area contributed by atoms with Crippen molar-refractivity contribution < 1.29 is 14.0 Å². The highest BCUT2D eigenvalue weighted by Crippen LogP contribution is 2.32. The first-order chi connectivity index (χ1) is 18.3. The van der Waals surface area contributed by atoms with Crippen LogP contribution in [0.2, 0.25) is 15.1 Å². The lowest BCUT2D eigenvalue weighted by atomic mass is 10.1. The number of amides is 2. The number of carbonyl (C=O) groups is 2. The number of furan rings is 1. The van der Waals surface area contributed by atoms with E-state index in [9.17, 15) is 9.59 Å². The van der Waals surface area contributed by atoms with Gasteiger partial charge in [-0.05, 0) is 67.1 Å². The van der Waals surface area contributed by atoms with Gasteiger partial charge in [-0.25, -0.2) is 0 Å². The standard InChI is InChI=1S/C29H24Cl3N3O3/c1-18-4-2-3-5-21(18)29(37)35-14-12-34(13-15-35)25-9-7-20(17-24(25)32)33-28(36)27-11-10-26(38-27)19-6-8-22(30)23(31)16-19/h2-11,16-17H,12-15H2,1H3,(H,33,36). The zero-order valence-electron chi connectivity index (χ0n) is 20.5. The first kappa shape index (κ1) is 26.2. The van der Waals surface area contributed by atoms with E-state index in [1.165, 1.54) is 0 Å². The van der Waals surface area contributed by atoms with Crippen molar-refractivity contribution >= 4 is 58.0 Å². The van der Waals surface area contributed by atoms with E-state index in [0.29, 0.717) is 58.3 Å². The second-order valence-corrected chi connectivity index (χ2v) is 10.2. The molecule has 6 nitrogen and oxygen atoms in total. The molecule has 2 heterocycles. The van der Waals surface area contributed by atoms with Gasteiger partial charge in [-0.3, -0.25) is 9.59 Å². The number of piperazine rings is 1. The fourth-order valence-corrected chi connectivity index (χ4v) is 5.03. The third kappa shape index (κ3) is 5.53. The van der Waals surface area contributed by atoms with Crippen LogP contribution < -0.4 is 10.2 Å². The molecule has 9 heteroatoms. The Labute approximate surface area is 235 Å². The van der Waals surface area contributed by atoms with Crippen LogP contribution in [0.1, 0.15) is 26.5 Å². The van der Waals surface area contributed by atoms with Gasteiger partial charge in [0.05, 0.1) is 20.8 Å². The van der Waals surface area contributed by atoms with Gasteiger partial charge in [-0.15, -0.1) is 0 Å². The summed E-state index contributed by atoms with van der Waals surface area (Å²) in [5.74, 6) is 0.304. The first-order valence-corrected chi connectivity index (χ1v) is 13.2. The highest BCUT2D eigenvalue weighted by molar-refractivity contribution is 6.42. The van der Waals surface area contributed by atoms with Crippen molar-refractivity contribution in [2.75, 3.05) is 36.4 Å². The second-order valence-electron chi connectivity index (χ2n) is 9.01. The SMILES string of the molecule is Cc1ccccc1C(=O)N1CCN(c2ccc(NC(=O)c3ccc(-c4ccc(Cl)c(Cl)c4)o3)cc2Cl)CC1. The molecule has 194 valence electrons. The van der Waals surface area contributed by atoms with E-state index < -0.39 is 5.91 Å². The molecule has 1 aliphatic heterocycles. The van der Waals surface area contributed by atoms with E-state index in [4.69, 9.17) is 39.2 Å². The molecule has 0 saturated carbocycles. The molecule has 2 amide bonds. The van der Waals surface area contributed by atoms with E-state index in [1.807, 2.05) is 42.2 Å². The summed E-state index contributed by atoms with van der Waals surface area (Å²) in [6, 6.07) is 21.4. The van der Waals surface area contributed by atoms with Gasteiger partial charge in [0.2, 0.25) is 0 Å². The number of carbonyl (C=O) groups excluding carboxylic acids is 2.